The van der Waals surface area contributed by atoms with Crippen LogP contribution in [0, 0.1) is 0 Å². The van der Waals surface area contributed by atoms with E-state index >= 15 is 0 Å². The van der Waals surface area contributed by atoms with E-state index in [1.807, 2.05) is 12.2 Å². The highest BCUT2D eigenvalue weighted by molar-refractivity contribution is 5.35. The Morgan fingerprint density at radius 2 is 2.00 bits per heavy atom. The van der Waals surface area contributed by atoms with Gasteiger partial charge in [0.15, 0.2) is 0 Å². The summed E-state index contributed by atoms with van der Waals surface area (Å²) in [5.74, 6) is 0.950. The zero-order valence-electron chi connectivity index (χ0n) is 13.9. The zero-order chi connectivity index (χ0) is 18.4. The molecule has 0 radical (unpaired) electrons. The van der Waals surface area contributed by atoms with Gasteiger partial charge in [0.25, 0.3) is 0 Å². The molecule has 2 fully saturated rings. The van der Waals surface area contributed by atoms with Crippen LogP contribution in [-0.2, 0) is 10.9 Å². The van der Waals surface area contributed by atoms with Crippen molar-refractivity contribution in [3.63, 3.8) is 0 Å². The van der Waals surface area contributed by atoms with Crippen LogP contribution in [0.1, 0.15) is 12.0 Å². The smallest absolute Gasteiger partial charge is 0.416 e. The summed E-state index contributed by atoms with van der Waals surface area (Å²) in [6.07, 6.45) is 0.108. The largest absolute Gasteiger partial charge is 0.458 e. The average molecular weight is 368 g/mol. The highest BCUT2D eigenvalue weighted by atomic mass is 19.4. The summed E-state index contributed by atoms with van der Waals surface area (Å²) in [6.45, 7) is 1.87. The minimum atomic E-state index is -4.36. The number of rotatable bonds is 4. The molecule has 2 N–H and O–H groups in total. The van der Waals surface area contributed by atoms with Crippen molar-refractivity contribution in [2.45, 2.75) is 24.2 Å². The van der Waals surface area contributed by atoms with Gasteiger partial charge in [-0.15, -0.1) is 0 Å². The summed E-state index contributed by atoms with van der Waals surface area (Å²) in [5, 5.41) is 13.5. The van der Waals surface area contributed by atoms with E-state index in [9.17, 15) is 18.3 Å². The Hall–Kier alpha value is -2.03. The molecule has 0 saturated carbocycles. The number of β-amino-alcohol motifs (C(OH)–C–C–N with tert-alkyl or cyclic N) is 1. The predicted octanol–water partition coefficient (Wildman–Crippen LogP) is 2.25. The van der Waals surface area contributed by atoms with E-state index in [-0.39, 0.29) is 6.04 Å². The molecule has 0 bridgehead atoms. The molecule has 2 aliphatic heterocycles. The van der Waals surface area contributed by atoms with Crippen LogP contribution in [0.15, 0.2) is 47.9 Å². The second-order valence-electron chi connectivity index (χ2n) is 6.88. The molecular formula is C18H19F3N2O3. The lowest BCUT2D eigenvalue weighted by atomic mass is 9.99. The van der Waals surface area contributed by atoms with Gasteiger partial charge in [-0.05, 0) is 36.8 Å². The average Bonchev–Trinajstić information content (AvgIpc) is 2.95. The van der Waals surface area contributed by atoms with Gasteiger partial charge >= 0.3 is 6.18 Å². The van der Waals surface area contributed by atoms with E-state index in [0.29, 0.717) is 44.4 Å². The Morgan fingerprint density at radius 1 is 1.27 bits per heavy atom. The standard InChI is InChI=1S/C18H19F3N2O3/c19-18(20,21)12-1-3-13(4-2-12)26-14-5-6-16-15(7-14)22-11-23(16)8-17(24)9-25-10-17/h1-5,7,16,22,24H,6,8-11H2. The molecule has 1 aromatic rings. The number of aliphatic hydroxyl groups is 1. The van der Waals surface area contributed by atoms with Gasteiger partial charge in [-0.2, -0.15) is 13.2 Å². The molecule has 1 aromatic carbocycles. The summed E-state index contributed by atoms with van der Waals surface area (Å²) < 4.78 is 48.6. The fourth-order valence-corrected chi connectivity index (χ4v) is 3.37. The molecule has 140 valence electrons. The van der Waals surface area contributed by atoms with Crippen LogP contribution in [-0.4, -0.2) is 48.1 Å². The van der Waals surface area contributed by atoms with E-state index in [0.717, 1.165) is 17.8 Å². The molecule has 1 aliphatic carbocycles. The lowest BCUT2D eigenvalue weighted by molar-refractivity contribution is -0.187. The number of halogens is 3. The maximum Gasteiger partial charge on any atom is 0.416 e. The number of ether oxygens (including phenoxy) is 2. The summed E-state index contributed by atoms with van der Waals surface area (Å²) >= 11 is 0. The van der Waals surface area contributed by atoms with Crippen molar-refractivity contribution in [1.29, 1.82) is 0 Å². The van der Waals surface area contributed by atoms with E-state index in [1.54, 1.807) is 0 Å². The Balaban J connectivity index is 1.39. The van der Waals surface area contributed by atoms with Crippen LogP contribution < -0.4 is 10.1 Å². The second kappa shape index (κ2) is 6.29. The lowest BCUT2D eigenvalue weighted by Crippen LogP contribution is -2.57. The summed E-state index contributed by atoms with van der Waals surface area (Å²) in [6, 6.07) is 4.78. The van der Waals surface area contributed by atoms with Gasteiger partial charge < -0.3 is 19.9 Å². The Labute approximate surface area is 148 Å². The van der Waals surface area contributed by atoms with E-state index in [1.165, 1.54) is 12.1 Å². The van der Waals surface area contributed by atoms with Crippen molar-refractivity contribution in [2.24, 2.45) is 0 Å². The van der Waals surface area contributed by atoms with Crippen molar-refractivity contribution < 1.29 is 27.8 Å². The number of benzene rings is 1. The third kappa shape index (κ3) is 3.44. The van der Waals surface area contributed by atoms with Gasteiger partial charge in [-0.25, -0.2) is 0 Å². The number of hydrogen-bond acceptors (Lipinski definition) is 5. The molecule has 0 aromatic heterocycles. The minimum absolute atomic E-state index is 0.139. The number of nitrogens with one attached hydrogen (secondary N) is 1. The zero-order valence-corrected chi connectivity index (χ0v) is 13.9. The molecule has 1 atom stereocenters. The third-order valence-electron chi connectivity index (χ3n) is 4.78. The molecule has 2 heterocycles. The van der Waals surface area contributed by atoms with Crippen molar-refractivity contribution in [1.82, 2.24) is 10.2 Å². The highest BCUT2D eigenvalue weighted by Gasteiger charge is 2.42. The van der Waals surface area contributed by atoms with Gasteiger partial charge in [0, 0.05) is 18.3 Å². The molecule has 2 saturated heterocycles. The summed E-state index contributed by atoms with van der Waals surface area (Å²) in [4.78, 5) is 2.15. The van der Waals surface area contributed by atoms with Gasteiger partial charge in [0.05, 0.1) is 31.5 Å². The normalized spacial score (nSPS) is 24.8. The van der Waals surface area contributed by atoms with Crippen molar-refractivity contribution >= 4 is 0 Å². The van der Waals surface area contributed by atoms with Crippen LogP contribution in [0.3, 0.4) is 0 Å². The maximum absolute atomic E-state index is 12.6. The second-order valence-corrected chi connectivity index (χ2v) is 6.88. The van der Waals surface area contributed by atoms with Crippen LogP contribution >= 0.6 is 0 Å². The molecule has 8 heteroatoms. The van der Waals surface area contributed by atoms with Crippen LogP contribution in [0.2, 0.25) is 0 Å². The first kappa shape index (κ1) is 17.4. The van der Waals surface area contributed by atoms with Crippen molar-refractivity contribution in [3.8, 4) is 5.75 Å². The molecule has 0 amide bonds. The van der Waals surface area contributed by atoms with Gasteiger partial charge in [-0.1, -0.05) is 0 Å². The SMILES string of the molecule is OC1(CN2CNC3=CC(Oc4ccc(C(F)(F)F)cc4)=CCC32)COC1. The molecule has 3 aliphatic rings. The number of nitrogens with zero attached hydrogens (tertiary/aromatic N) is 1. The number of fused-ring (bicyclic) bond motifs is 1. The molecule has 1 unspecified atom stereocenters. The predicted molar refractivity (Wildman–Crippen MR) is 87.1 cm³/mol. The van der Waals surface area contributed by atoms with Gasteiger partial charge in [-0.3, -0.25) is 4.90 Å². The van der Waals surface area contributed by atoms with Crippen LogP contribution in [0.25, 0.3) is 0 Å². The summed E-state index contributed by atoms with van der Waals surface area (Å²) in [5.41, 5.74) is -0.497. The maximum atomic E-state index is 12.6. The van der Waals surface area contributed by atoms with Crippen LogP contribution in [0.4, 0.5) is 13.2 Å². The fourth-order valence-electron chi connectivity index (χ4n) is 3.37. The molecule has 26 heavy (non-hydrogen) atoms. The Bertz CT molecular complexity index is 739. The Morgan fingerprint density at radius 3 is 2.62 bits per heavy atom. The first-order valence-electron chi connectivity index (χ1n) is 8.37. The first-order valence-corrected chi connectivity index (χ1v) is 8.37. The number of hydrogen-bond donors (Lipinski definition) is 2. The molecule has 5 nitrogen and oxygen atoms in total. The monoisotopic (exact) mass is 368 g/mol. The fraction of sp³-hybridized carbons (Fsp3) is 0.444. The van der Waals surface area contributed by atoms with Gasteiger partial charge in [0.1, 0.15) is 17.1 Å². The lowest BCUT2D eigenvalue weighted by Gasteiger charge is -2.40. The number of alkyl halides is 3. The summed E-state index contributed by atoms with van der Waals surface area (Å²) in [7, 11) is 0. The minimum Gasteiger partial charge on any atom is -0.458 e. The van der Waals surface area contributed by atoms with E-state index in [2.05, 4.69) is 10.2 Å². The van der Waals surface area contributed by atoms with Crippen molar-refractivity contribution in [3.05, 3.63) is 53.4 Å². The molecule has 0 spiro atoms. The topological polar surface area (TPSA) is 54.0 Å². The van der Waals surface area contributed by atoms with Crippen molar-refractivity contribution in [2.75, 3.05) is 26.4 Å². The quantitative estimate of drug-likeness (QED) is 0.854. The van der Waals surface area contributed by atoms with Gasteiger partial charge in [0.2, 0.25) is 0 Å². The van der Waals surface area contributed by atoms with E-state index < -0.39 is 17.3 Å². The van der Waals surface area contributed by atoms with E-state index in [4.69, 9.17) is 9.47 Å². The number of allylic oxidation sites excluding steroid dienone is 1. The van der Waals surface area contributed by atoms with Crippen LogP contribution in [0.5, 0.6) is 5.75 Å². The first-order chi connectivity index (χ1) is 12.3. The Kier molecular flexibility index (Phi) is 4.21. The molecular weight excluding hydrogens is 349 g/mol. The third-order valence-corrected chi connectivity index (χ3v) is 4.78. The molecule has 4 rings (SSSR count). The highest BCUT2D eigenvalue weighted by Crippen LogP contribution is 2.32.